The van der Waals surface area contributed by atoms with Gasteiger partial charge in [-0.1, -0.05) is 25.0 Å². The molecular weight excluding hydrogens is 348 g/mol. The molecule has 150 valence electrons. The fourth-order valence-electron chi connectivity index (χ4n) is 5.15. The molecule has 1 aliphatic carbocycles. The van der Waals surface area contributed by atoms with Crippen LogP contribution in [0.1, 0.15) is 55.6 Å². The van der Waals surface area contributed by atoms with E-state index in [2.05, 4.69) is 32.9 Å². The molecule has 2 saturated heterocycles. The van der Waals surface area contributed by atoms with Gasteiger partial charge in [-0.05, 0) is 62.4 Å². The largest absolute Gasteiger partial charge is 0.339 e. The first-order valence-corrected chi connectivity index (χ1v) is 11.0. The minimum Gasteiger partial charge on any atom is -0.339 e. The van der Waals surface area contributed by atoms with Gasteiger partial charge in [0.2, 0.25) is 5.91 Å². The van der Waals surface area contributed by atoms with Crippen LogP contribution >= 0.6 is 0 Å². The van der Waals surface area contributed by atoms with Crippen molar-refractivity contribution < 1.29 is 4.79 Å². The van der Waals surface area contributed by atoms with E-state index >= 15 is 0 Å². The molecule has 0 radical (unpaired) electrons. The third-order valence-corrected chi connectivity index (χ3v) is 6.97. The van der Waals surface area contributed by atoms with Crippen molar-refractivity contribution in [2.24, 2.45) is 0 Å². The first-order valence-electron chi connectivity index (χ1n) is 11.0. The molecule has 5 heteroatoms. The number of carbonyl (C=O) groups excluding carboxylic acids is 1. The van der Waals surface area contributed by atoms with Crippen LogP contribution < -0.4 is 0 Å². The van der Waals surface area contributed by atoms with E-state index in [1.807, 2.05) is 12.1 Å². The van der Waals surface area contributed by atoms with Crippen LogP contribution in [0, 0.1) is 11.3 Å². The van der Waals surface area contributed by atoms with Crippen molar-refractivity contribution in [3.05, 3.63) is 35.4 Å². The maximum absolute atomic E-state index is 12.8. The van der Waals surface area contributed by atoms with Crippen LogP contribution in [0.25, 0.3) is 0 Å². The van der Waals surface area contributed by atoms with Gasteiger partial charge in [0.05, 0.1) is 18.2 Å². The summed E-state index contributed by atoms with van der Waals surface area (Å²) in [7, 11) is 0. The Labute approximate surface area is 168 Å². The molecule has 5 nitrogen and oxygen atoms in total. The van der Waals surface area contributed by atoms with Crippen LogP contribution in [0.5, 0.6) is 0 Å². The lowest BCUT2D eigenvalue weighted by atomic mass is 9.89. The number of piperazine rings is 1. The Morgan fingerprint density at radius 1 is 0.929 bits per heavy atom. The van der Waals surface area contributed by atoms with Gasteiger partial charge in [0.25, 0.3) is 0 Å². The quantitative estimate of drug-likeness (QED) is 0.806. The standard InChI is InChI=1S/C23H32N4O/c24-17-19-5-7-20(8-6-19)21-9-11-25(12-10-21)18-23(28)27-15-13-26(14-16-27)22-3-1-2-4-22/h5-8,21-22H,1-4,9-16,18H2. The molecule has 2 heterocycles. The number of hydrogen-bond acceptors (Lipinski definition) is 4. The van der Waals surface area contributed by atoms with Gasteiger partial charge in [-0.15, -0.1) is 0 Å². The molecule has 0 N–H and O–H groups in total. The fraction of sp³-hybridized carbons (Fsp3) is 0.652. The third kappa shape index (κ3) is 4.56. The summed E-state index contributed by atoms with van der Waals surface area (Å²) in [6.45, 7) is 6.45. The van der Waals surface area contributed by atoms with Gasteiger partial charge < -0.3 is 4.90 Å². The summed E-state index contributed by atoms with van der Waals surface area (Å²) in [6.07, 6.45) is 7.64. The molecule has 1 aromatic rings. The number of nitriles is 1. The van der Waals surface area contributed by atoms with E-state index in [4.69, 9.17) is 5.26 Å². The van der Waals surface area contributed by atoms with Gasteiger partial charge in [-0.2, -0.15) is 5.26 Å². The first-order chi connectivity index (χ1) is 13.7. The molecule has 1 amide bonds. The number of benzene rings is 1. The summed E-state index contributed by atoms with van der Waals surface area (Å²) in [5.74, 6) is 0.858. The molecule has 1 aromatic carbocycles. The summed E-state index contributed by atoms with van der Waals surface area (Å²) in [5, 5.41) is 8.94. The van der Waals surface area contributed by atoms with Crippen molar-refractivity contribution in [1.82, 2.24) is 14.7 Å². The molecule has 3 fully saturated rings. The zero-order valence-corrected chi connectivity index (χ0v) is 16.9. The number of likely N-dealkylation sites (tertiary alicyclic amines) is 1. The lowest BCUT2D eigenvalue weighted by molar-refractivity contribution is -0.134. The van der Waals surface area contributed by atoms with Gasteiger partial charge in [-0.3, -0.25) is 14.6 Å². The van der Waals surface area contributed by atoms with Crippen LogP contribution in [-0.4, -0.2) is 72.5 Å². The van der Waals surface area contributed by atoms with E-state index in [0.29, 0.717) is 18.4 Å². The molecule has 4 rings (SSSR count). The van der Waals surface area contributed by atoms with Crippen molar-refractivity contribution >= 4 is 5.91 Å². The Morgan fingerprint density at radius 2 is 1.57 bits per heavy atom. The smallest absolute Gasteiger partial charge is 0.236 e. The molecule has 0 bridgehead atoms. The number of carbonyl (C=O) groups is 1. The summed E-state index contributed by atoms with van der Waals surface area (Å²) < 4.78 is 0. The van der Waals surface area contributed by atoms with E-state index in [0.717, 1.165) is 63.7 Å². The molecule has 0 unspecified atom stereocenters. The van der Waals surface area contributed by atoms with Crippen LogP contribution in [0.2, 0.25) is 0 Å². The van der Waals surface area contributed by atoms with Crippen molar-refractivity contribution in [3.63, 3.8) is 0 Å². The SMILES string of the molecule is N#Cc1ccc(C2CCN(CC(=O)N3CCN(C4CCCC4)CC3)CC2)cc1. The molecular formula is C23H32N4O. The van der Waals surface area contributed by atoms with Gasteiger partial charge in [-0.25, -0.2) is 0 Å². The Balaban J connectivity index is 1.20. The number of nitrogens with zero attached hydrogens (tertiary/aromatic N) is 4. The Bertz CT molecular complexity index is 688. The minimum atomic E-state index is 0.308. The molecule has 28 heavy (non-hydrogen) atoms. The maximum atomic E-state index is 12.8. The summed E-state index contributed by atoms with van der Waals surface area (Å²) in [5.41, 5.74) is 2.05. The fourth-order valence-corrected chi connectivity index (χ4v) is 5.15. The van der Waals surface area contributed by atoms with Crippen molar-refractivity contribution in [1.29, 1.82) is 5.26 Å². The molecule has 2 aliphatic heterocycles. The van der Waals surface area contributed by atoms with Crippen LogP contribution in [0.3, 0.4) is 0 Å². The molecule has 0 spiro atoms. The highest BCUT2D eigenvalue weighted by molar-refractivity contribution is 5.78. The van der Waals surface area contributed by atoms with Gasteiger partial charge in [0.15, 0.2) is 0 Å². The molecule has 0 atom stereocenters. The van der Waals surface area contributed by atoms with Gasteiger partial charge in [0, 0.05) is 32.2 Å². The average Bonchev–Trinajstić information content (AvgIpc) is 3.29. The Kier molecular flexibility index (Phi) is 6.29. The summed E-state index contributed by atoms with van der Waals surface area (Å²) in [6, 6.07) is 11.0. The Morgan fingerprint density at radius 3 is 2.18 bits per heavy atom. The Hall–Kier alpha value is -1.90. The zero-order valence-electron chi connectivity index (χ0n) is 16.9. The van der Waals surface area contributed by atoms with Crippen LogP contribution in [-0.2, 0) is 4.79 Å². The lowest BCUT2D eigenvalue weighted by Gasteiger charge is -2.39. The average molecular weight is 381 g/mol. The van der Waals surface area contributed by atoms with E-state index in [1.54, 1.807) is 0 Å². The highest BCUT2D eigenvalue weighted by Crippen LogP contribution is 2.28. The lowest BCUT2D eigenvalue weighted by Crippen LogP contribution is -2.53. The predicted molar refractivity (Wildman–Crippen MR) is 110 cm³/mol. The third-order valence-electron chi connectivity index (χ3n) is 6.97. The van der Waals surface area contributed by atoms with Gasteiger partial charge in [0.1, 0.15) is 0 Å². The van der Waals surface area contributed by atoms with E-state index < -0.39 is 0 Å². The number of hydrogen-bond donors (Lipinski definition) is 0. The topological polar surface area (TPSA) is 50.6 Å². The summed E-state index contributed by atoms with van der Waals surface area (Å²) >= 11 is 0. The minimum absolute atomic E-state index is 0.308. The van der Waals surface area contributed by atoms with Crippen molar-refractivity contribution in [2.45, 2.75) is 50.5 Å². The zero-order chi connectivity index (χ0) is 19.3. The molecule has 0 aromatic heterocycles. The van der Waals surface area contributed by atoms with Gasteiger partial charge >= 0.3 is 0 Å². The van der Waals surface area contributed by atoms with Crippen molar-refractivity contribution in [2.75, 3.05) is 45.8 Å². The second-order valence-corrected chi connectivity index (χ2v) is 8.64. The monoisotopic (exact) mass is 380 g/mol. The second-order valence-electron chi connectivity index (χ2n) is 8.64. The maximum Gasteiger partial charge on any atom is 0.236 e. The molecule has 1 saturated carbocycles. The van der Waals surface area contributed by atoms with Crippen LogP contribution in [0.4, 0.5) is 0 Å². The van der Waals surface area contributed by atoms with E-state index in [1.165, 1.54) is 31.2 Å². The van der Waals surface area contributed by atoms with E-state index in [-0.39, 0.29) is 0 Å². The predicted octanol–water partition coefficient (Wildman–Crippen LogP) is 2.82. The number of amides is 1. The summed E-state index contributed by atoms with van der Waals surface area (Å²) in [4.78, 5) is 19.8. The van der Waals surface area contributed by atoms with Crippen molar-refractivity contribution in [3.8, 4) is 6.07 Å². The highest BCUT2D eigenvalue weighted by atomic mass is 16.2. The highest BCUT2D eigenvalue weighted by Gasteiger charge is 2.29. The normalized spacial score (nSPS) is 23.0. The second kappa shape index (κ2) is 9.07. The number of piperidine rings is 1. The first kappa shape index (κ1) is 19.4. The number of rotatable bonds is 4. The van der Waals surface area contributed by atoms with Crippen LogP contribution in [0.15, 0.2) is 24.3 Å². The molecule has 3 aliphatic rings. The van der Waals surface area contributed by atoms with E-state index in [9.17, 15) is 4.79 Å².